The van der Waals surface area contributed by atoms with Gasteiger partial charge in [0.25, 0.3) is 0 Å². The molecule has 0 aliphatic carbocycles. The van der Waals surface area contributed by atoms with Gasteiger partial charge in [0.15, 0.2) is 18.9 Å². The van der Waals surface area contributed by atoms with Gasteiger partial charge < -0.3 is 79.9 Å². The van der Waals surface area contributed by atoms with Crippen molar-refractivity contribution in [2.45, 2.75) is 92.1 Å². The average Bonchev–Trinajstić information content (AvgIpc) is 2.83. The van der Waals surface area contributed by atoms with Crippen molar-refractivity contribution in [2.75, 3.05) is 19.8 Å². The lowest BCUT2D eigenvalue weighted by Crippen LogP contribution is -2.66. The summed E-state index contributed by atoms with van der Waals surface area (Å²) in [7, 11) is 0. The highest BCUT2D eigenvalue weighted by molar-refractivity contribution is 4.96. The summed E-state index contributed by atoms with van der Waals surface area (Å²) in [5, 5.41) is 109. The van der Waals surface area contributed by atoms with E-state index in [9.17, 15) is 56.2 Å². The summed E-state index contributed by atoms with van der Waals surface area (Å²) in [6.07, 6.45) is -25.4. The summed E-state index contributed by atoms with van der Waals surface area (Å²) < 4.78 is 26.4. The number of aliphatic hydroxyl groups is 11. The molecule has 16 heteroatoms. The van der Waals surface area contributed by atoms with Gasteiger partial charge in [-0.1, -0.05) is 0 Å². The predicted octanol–water partition coefficient (Wildman–Crippen LogP) is -7.57. The zero-order valence-corrected chi connectivity index (χ0v) is 17.7. The highest BCUT2D eigenvalue weighted by Crippen LogP contribution is 2.32. The van der Waals surface area contributed by atoms with Gasteiger partial charge in [0.1, 0.15) is 73.2 Å². The third-order valence-corrected chi connectivity index (χ3v) is 6.09. The molecule has 3 heterocycles. The Labute approximate surface area is 192 Å². The van der Waals surface area contributed by atoms with Crippen LogP contribution in [0.4, 0.5) is 0 Å². The van der Waals surface area contributed by atoms with Crippen LogP contribution in [0.3, 0.4) is 0 Å². The highest BCUT2D eigenvalue weighted by Gasteiger charge is 2.53. The van der Waals surface area contributed by atoms with Crippen molar-refractivity contribution < 1.29 is 79.9 Å². The molecule has 200 valence electrons. The smallest absolute Gasteiger partial charge is 0.187 e. The first-order valence-corrected chi connectivity index (χ1v) is 10.6. The minimum absolute atomic E-state index is 0.759. The molecule has 3 saturated heterocycles. The highest BCUT2D eigenvalue weighted by atomic mass is 16.7. The summed E-state index contributed by atoms with van der Waals surface area (Å²) in [6.45, 7) is -2.34. The van der Waals surface area contributed by atoms with E-state index in [1.54, 1.807) is 0 Å². The van der Waals surface area contributed by atoms with Crippen LogP contribution in [0.25, 0.3) is 0 Å². The van der Waals surface area contributed by atoms with Gasteiger partial charge in [-0.05, 0) is 0 Å². The maximum Gasteiger partial charge on any atom is 0.187 e. The normalized spacial score (nSPS) is 52.5. The molecule has 3 rings (SSSR count). The molecule has 0 aromatic carbocycles. The number of ether oxygens (including phenoxy) is 5. The molecule has 16 nitrogen and oxygen atoms in total. The largest absolute Gasteiger partial charge is 0.394 e. The maximum absolute atomic E-state index is 10.8. The molecule has 0 aromatic heterocycles. The van der Waals surface area contributed by atoms with E-state index in [-0.39, 0.29) is 0 Å². The second-order valence-electron chi connectivity index (χ2n) is 8.33. The SMILES string of the molecule is OC[C@H]1O[C@@H](O[C@H]2[C@@H](O)[C@@H](CO)O[C@@H](O[C@H]3[C@H](O)[C@@H](O)[C@H](O)O[C@@H]3CO)[C@@H]2O)[C@H](O)[C@@H](O)[C@H]1O. The topological polar surface area (TPSA) is 269 Å². The number of hydrogen-bond acceptors (Lipinski definition) is 16. The van der Waals surface area contributed by atoms with Crippen LogP contribution in [0.5, 0.6) is 0 Å². The molecule has 3 fully saturated rings. The molecule has 0 amide bonds. The average molecular weight is 504 g/mol. The van der Waals surface area contributed by atoms with Crippen molar-refractivity contribution in [3.05, 3.63) is 0 Å². The van der Waals surface area contributed by atoms with E-state index >= 15 is 0 Å². The quantitative estimate of drug-likeness (QED) is 0.154. The predicted molar refractivity (Wildman–Crippen MR) is 101 cm³/mol. The Bertz CT molecular complexity index is 637. The lowest BCUT2D eigenvalue weighted by molar-refractivity contribution is -0.378. The van der Waals surface area contributed by atoms with Crippen LogP contribution >= 0.6 is 0 Å². The third kappa shape index (κ3) is 5.37. The second-order valence-corrected chi connectivity index (χ2v) is 8.33. The first-order chi connectivity index (χ1) is 16.0. The van der Waals surface area contributed by atoms with Crippen molar-refractivity contribution in [3.8, 4) is 0 Å². The van der Waals surface area contributed by atoms with E-state index in [0.29, 0.717) is 0 Å². The summed E-state index contributed by atoms with van der Waals surface area (Å²) in [6, 6.07) is 0. The molecular weight excluding hydrogens is 472 g/mol. The fourth-order valence-electron chi connectivity index (χ4n) is 4.05. The molecule has 15 atom stereocenters. The van der Waals surface area contributed by atoms with E-state index in [2.05, 4.69) is 0 Å². The molecule has 0 bridgehead atoms. The van der Waals surface area contributed by atoms with Gasteiger partial charge >= 0.3 is 0 Å². The molecule has 0 saturated carbocycles. The van der Waals surface area contributed by atoms with Crippen LogP contribution in [0.2, 0.25) is 0 Å². The van der Waals surface area contributed by atoms with Gasteiger partial charge in [-0.25, -0.2) is 0 Å². The maximum atomic E-state index is 10.8. The Hall–Kier alpha value is -0.640. The number of hydrogen-bond donors (Lipinski definition) is 11. The van der Waals surface area contributed by atoms with Gasteiger partial charge in [0, 0.05) is 0 Å². The van der Waals surface area contributed by atoms with E-state index < -0.39 is 112 Å². The molecule has 11 N–H and O–H groups in total. The number of aliphatic hydroxyl groups excluding tert-OH is 11. The van der Waals surface area contributed by atoms with Crippen molar-refractivity contribution in [1.29, 1.82) is 0 Å². The summed E-state index contributed by atoms with van der Waals surface area (Å²) >= 11 is 0. The van der Waals surface area contributed by atoms with Gasteiger partial charge in [-0.3, -0.25) is 0 Å². The van der Waals surface area contributed by atoms with E-state index in [4.69, 9.17) is 23.7 Å². The lowest BCUT2D eigenvalue weighted by atomic mass is 9.96. The zero-order valence-electron chi connectivity index (χ0n) is 17.7. The second kappa shape index (κ2) is 11.6. The Morgan fingerprint density at radius 1 is 0.441 bits per heavy atom. The molecule has 3 aliphatic rings. The zero-order chi connectivity index (χ0) is 25.3. The Morgan fingerprint density at radius 3 is 1.50 bits per heavy atom. The van der Waals surface area contributed by atoms with Crippen molar-refractivity contribution in [1.82, 2.24) is 0 Å². The van der Waals surface area contributed by atoms with Gasteiger partial charge in [-0.2, -0.15) is 0 Å². The summed E-state index contributed by atoms with van der Waals surface area (Å²) in [4.78, 5) is 0. The van der Waals surface area contributed by atoms with Gasteiger partial charge in [0.05, 0.1) is 19.8 Å². The number of rotatable bonds is 7. The molecule has 0 radical (unpaired) electrons. The lowest BCUT2D eigenvalue weighted by Gasteiger charge is -2.47. The van der Waals surface area contributed by atoms with Crippen LogP contribution < -0.4 is 0 Å². The minimum atomic E-state index is -1.90. The minimum Gasteiger partial charge on any atom is -0.394 e. The standard InChI is InChI=1S/C18H32O16/c19-1-4-7(22)9(24)12(27)17(31-4)34-15-8(23)5(2-20)32-18(13(15)28)33-14-6(3-21)30-16(29)11(26)10(14)25/h4-29H,1-3H2/t4-,5-,6-,7+,8+,9+,10-,11-,12-,13-,14-,15+,16-,17+,18+/m1/s1. The fourth-order valence-corrected chi connectivity index (χ4v) is 4.05. The molecule has 0 spiro atoms. The fraction of sp³-hybridized carbons (Fsp3) is 1.00. The Morgan fingerprint density at radius 2 is 0.941 bits per heavy atom. The Balaban J connectivity index is 1.78. The van der Waals surface area contributed by atoms with Crippen LogP contribution in [0.1, 0.15) is 0 Å². The van der Waals surface area contributed by atoms with Crippen LogP contribution in [-0.2, 0) is 23.7 Å². The van der Waals surface area contributed by atoms with Crippen molar-refractivity contribution in [2.24, 2.45) is 0 Å². The molecule has 3 aliphatic heterocycles. The molecule has 0 unspecified atom stereocenters. The molecule has 0 aromatic rings. The van der Waals surface area contributed by atoms with Crippen LogP contribution in [0.15, 0.2) is 0 Å². The Kier molecular flexibility index (Phi) is 9.54. The van der Waals surface area contributed by atoms with Gasteiger partial charge in [-0.15, -0.1) is 0 Å². The third-order valence-electron chi connectivity index (χ3n) is 6.09. The van der Waals surface area contributed by atoms with E-state index in [1.807, 2.05) is 0 Å². The van der Waals surface area contributed by atoms with Crippen molar-refractivity contribution in [3.63, 3.8) is 0 Å². The first kappa shape index (κ1) is 27.9. The monoisotopic (exact) mass is 504 g/mol. The summed E-state index contributed by atoms with van der Waals surface area (Å²) in [5.41, 5.74) is 0. The van der Waals surface area contributed by atoms with E-state index in [1.165, 1.54) is 0 Å². The van der Waals surface area contributed by atoms with E-state index in [0.717, 1.165) is 0 Å². The van der Waals surface area contributed by atoms with Crippen LogP contribution in [0, 0.1) is 0 Å². The van der Waals surface area contributed by atoms with Crippen LogP contribution in [-0.4, -0.2) is 168 Å². The molecule has 34 heavy (non-hydrogen) atoms. The summed E-state index contributed by atoms with van der Waals surface area (Å²) in [5.74, 6) is 0. The molecular formula is C18H32O16. The first-order valence-electron chi connectivity index (χ1n) is 10.6. The van der Waals surface area contributed by atoms with Gasteiger partial charge in [0.2, 0.25) is 0 Å². The van der Waals surface area contributed by atoms with Crippen molar-refractivity contribution >= 4 is 0 Å².